The number of benzene rings is 1. The molecule has 32 heavy (non-hydrogen) atoms. The van der Waals surface area contributed by atoms with Gasteiger partial charge >= 0.3 is 12.1 Å². The first-order valence-electron chi connectivity index (χ1n) is 10.1. The smallest absolute Gasteiger partial charge is 0.475 e. The average Bonchev–Trinajstić information content (AvgIpc) is 3.33. The molecule has 4 rings (SSSR count). The van der Waals surface area contributed by atoms with Gasteiger partial charge in [-0.15, -0.1) is 0 Å². The zero-order valence-corrected chi connectivity index (χ0v) is 17.4. The molecule has 0 aliphatic carbocycles. The number of halogens is 4. The summed E-state index contributed by atoms with van der Waals surface area (Å²) < 4.78 is 47.0. The van der Waals surface area contributed by atoms with Crippen LogP contribution in [0.3, 0.4) is 0 Å². The van der Waals surface area contributed by atoms with E-state index in [1.807, 2.05) is 22.8 Å². The maximum atomic E-state index is 13.4. The SMILES string of the molecule is Cn1cc(CN2CC[C@@H]3[C@@H](CCN3C(=O)c3cccc(F)c3)C2)cn1.O=C(O)C(F)(F)F. The molecule has 2 aliphatic rings. The second kappa shape index (κ2) is 9.68. The van der Waals surface area contributed by atoms with Crippen molar-refractivity contribution in [3.63, 3.8) is 0 Å². The largest absolute Gasteiger partial charge is 0.490 e. The van der Waals surface area contributed by atoms with Gasteiger partial charge in [-0.3, -0.25) is 14.4 Å². The van der Waals surface area contributed by atoms with E-state index in [4.69, 9.17) is 9.90 Å². The maximum Gasteiger partial charge on any atom is 0.490 e. The van der Waals surface area contributed by atoms with Gasteiger partial charge in [-0.25, -0.2) is 9.18 Å². The summed E-state index contributed by atoms with van der Waals surface area (Å²) in [7, 11) is 1.93. The van der Waals surface area contributed by atoms with E-state index in [9.17, 15) is 22.4 Å². The zero-order valence-electron chi connectivity index (χ0n) is 17.4. The number of hydrogen-bond donors (Lipinski definition) is 1. The fraction of sp³-hybridized carbons (Fsp3) is 0.476. The van der Waals surface area contributed by atoms with E-state index in [0.717, 1.165) is 39.0 Å². The predicted molar refractivity (Wildman–Crippen MR) is 106 cm³/mol. The number of hydrogen-bond acceptors (Lipinski definition) is 4. The molecule has 0 spiro atoms. The van der Waals surface area contributed by atoms with Crippen LogP contribution in [-0.4, -0.2) is 68.4 Å². The molecule has 2 aliphatic heterocycles. The molecule has 7 nitrogen and oxygen atoms in total. The first kappa shape index (κ1) is 23.7. The number of aryl methyl sites for hydroxylation is 1. The number of rotatable bonds is 3. The topological polar surface area (TPSA) is 78.7 Å². The van der Waals surface area contributed by atoms with E-state index in [1.54, 1.807) is 12.1 Å². The summed E-state index contributed by atoms with van der Waals surface area (Å²) in [5, 5.41) is 11.4. The Balaban J connectivity index is 0.000000360. The molecule has 2 aromatic rings. The summed E-state index contributed by atoms with van der Waals surface area (Å²) in [6.45, 7) is 3.66. The monoisotopic (exact) mass is 456 g/mol. The molecule has 2 saturated heterocycles. The molecule has 1 amide bonds. The van der Waals surface area contributed by atoms with Crippen molar-refractivity contribution >= 4 is 11.9 Å². The number of piperidine rings is 1. The van der Waals surface area contributed by atoms with E-state index in [0.29, 0.717) is 11.5 Å². The summed E-state index contributed by atoms with van der Waals surface area (Å²) in [4.78, 5) is 26.1. The number of carboxylic acid groups (broad SMARTS) is 1. The molecule has 3 heterocycles. The second-order valence-corrected chi connectivity index (χ2v) is 7.97. The minimum absolute atomic E-state index is 0.0345. The molecule has 0 saturated carbocycles. The van der Waals surface area contributed by atoms with Crippen molar-refractivity contribution in [2.45, 2.75) is 31.6 Å². The lowest BCUT2D eigenvalue weighted by atomic mass is 9.92. The highest BCUT2D eigenvalue weighted by atomic mass is 19.4. The number of alkyl halides is 3. The Bertz CT molecular complexity index is 963. The minimum atomic E-state index is -5.08. The fourth-order valence-corrected chi connectivity index (χ4v) is 4.25. The highest BCUT2D eigenvalue weighted by Crippen LogP contribution is 2.33. The number of carbonyl (C=O) groups excluding carboxylic acids is 1. The van der Waals surface area contributed by atoms with Crippen LogP contribution in [0.4, 0.5) is 17.6 Å². The highest BCUT2D eigenvalue weighted by Gasteiger charge is 2.40. The number of aliphatic carboxylic acids is 1. The Morgan fingerprint density at radius 1 is 1.22 bits per heavy atom. The van der Waals surface area contributed by atoms with Gasteiger partial charge < -0.3 is 10.0 Å². The summed E-state index contributed by atoms with van der Waals surface area (Å²) in [5.41, 5.74) is 1.69. The summed E-state index contributed by atoms with van der Waals surface area (Å²) in [6.07, 6.45) is 0.891. The molecule has 1 aromatic carbocycles. The van der Waals surface area contributed by atoms with Gasteiger partial charge in [-0.1, -0.05) is 6.07 Å². The van der Waals surface area contributed by atoms with Crippen LogP contribution < -0.4 is 0 Å². The number of nitrogens with zero attached hydrogens (tertiary/aromatic N) is 4. The molecular formula is C21H24F4N4O3. The maximum absolute atomic E-state index is 13.4. The Morgan fingerprint density at radius 2 is 1.94 bits per heavy atom. The molecular weight excluding hydrogens is 432 g/mol. The Morgan fingerprint density at radius 3 is 2.53 bits per heavy atom. The average molecular weight is 456 g/mol. The lowest BCUT2D eigenvalue weighted by Crippen LogP contribution is -2.47. The third kappa shape index (κ3) is 5.84. The van der Waals surface area contributed by atoms with Crippen molar-refractivity contribution in [1.29, 1.82) is 0 Å². The van der Waals surface area contributed by atoms with Gasteiger partial charge in [0.25, 0.3) is 5.91 Å². The minimum Gasteiger partial charge on any atom is -0.475 e. The standard InChI is InChI=1S/C19H23FN4O.C2HF3O2/c1-22-11-14(10-21-22)12-23-7-6-18-16(13-23)5-8-24(18)19(25)15-3-2-4-17(20)9-15;3-2(4,5)1(6)7/h2-4,9-11,16,18H,5-8,12-13H2,1H3;(H,6,7)/t16-,18+;/m0./s1. The fourth-order valence-electron chi connectivity index (χ4n) is 4.25. The molecule has 11 heteroatoms. The van der Waals surface area contributed by atoms with Crippen LogP contribution in [0.15, 0.2) is 36.7 Å². The van der Waals surface area contributed by atoms with Gasteiger partial charge in [-0.2, -0.15) is 18.3 Å². The van der Waals surface area contributed by atoms with Crippen molar-refractivity contribution in [2.24, 2.45) is 13.0 Å². The van der Waals surface area contributed by atoms with Crippen molar-refractivity contribution in [1.82, 2.24) is 19.6 Å². The van der Waals surface area contributed by atoms with Crippen molar-refractivity contribution in [3.8, 4) is 0 Å². The van der Waals surface area contributed by atoms with Gasteiger partial charge in [0.2, 0.25) is 0 Å². The predicted octanol–water partition coefficient (Wildman–Crippen LogP) is 2.93. The molecule has 2 atom stereocenters. The first-order chi connectivity index (χ1) is 15.0. The van der Waals surface area contributed by atoms with Crippen LogP contribution in [-0.2, 0) is 18.4 Å². The van der Waals surface area contributed by atoms with E-state index < -0.39 is 12.1 Å². The zero-order chi connectivity index (χ0) is 23.5. The van der Waals surface area contributed by atoms with Gasteiger partial charge in [0, 0.05) is 56.6 Å². The summed E-state index contributed by atoms with van der Waals surface area (Å²) in [6, 6.07) is 6.30. The van der Waals surface area contributed by atoms with Gasteiger partial charge in [0.15, 0.2) is 0 Å². The highest BCUT2D eigenvalue weighted by molar-refractivity contribution is 5.94. The van der Waals surface area contributed by atoms with Crippen LogP contribution in [0, 0.1) is 11.7 Å². The Labute approximate surface area is 182 Å². The number of aromatic nitrogens is 2. The lowest BCUT2D eigenvalue weighted by Gasteiger charge is -2.37. The third-order valence-electron chi connectivity index (χ3n) is 5.66. The van der Waals surface area contributed by atoms with Crippen LogP contribution in [0.5, 0.6) is 0 Å². The molecule has 1 N–H and O–H groups in total. The van der Waals surface area contributed by atoms with Crippen LogP contribution in [0.1, 0.15) is 28.8 Å². The van der Waals surface area contributed by atoms with Gasteiger partial charge in [0.05, 0.1) is 6.20 Å². The number of carbonyl (C=O) groups is 2. The number of carboxylic acids is 1. The van der Waals surface area contributed by atoms with E-state index in [-0.39, 0.29) is 17.8 Å². The number of amides is 1. The quantitative estimate of drug-likeness (QED) is 0.719. The van der Waals surface area contributed by atoms with Crippen molar-refractivity contribution in [2.75, 3.05) is 19.6 Å². The molecule has 174 valence electrons. The summed E-state index contributed by atoms with van der Waals surface area (Å²) in [5.74, 6) is -2.64. The summed E-state index contributed by atoms with van der Waals surface area (Å²) >= 11 is 0. The normalized spacial score (nSPS) is 21.0. The van der Waals surface area contributed by atoms with Crippen molar-refractivity contribution < 1.29 is 32.3 Å². The van der Waals surface area contributed by atoms with Crippen LogP contribution in [0.25, 0.3) is 0 Å². The van der Waals surface area contributed by atoms with E-state index in [2.05, 4.69) is 16.2 Å². The molecule has 0 bridgehead atoms. The van der Waals surface area contributed by atoms with E-state index >= 15 is 0 Å². The third-order valence-corrected chi connectivity index (χ3v) is 5.66. The number of likely N-dealkylation sites (tertiary alicyclic amines) is 2. The van der Waals surface area contributed by atoms with Gasteiger partial charge in [-0.05, 0) is 37.0 Å². The molecule has 1 aromatic heterocycles. The Hall–Kier alpha value is -2.95. The second-order valence-electron chi connectivity index (χ2n) is 7.97. The van der Waals surface area contributed by atoms with Crippen molar-refractivity contribution in [3.05, 3.63) is 53.6 Å². The van der Waals surface area contributed by atoms with Crippen LogP contribution in [0.2, 0.25) is 0 Å². The lowest BCUT2D eigenvalue weighted by molar-refractivity contribution is -0.192. The molecule has 0 radical (unpaired) electrons. The molecule has 2 fully saturated rings. The number of fused-ring (bicyclic) bond motifs is 1. The molecule has 0 unspecified atom stereocenters. The Kier molecular flexibility index (Phi) is 7.17. The van der Waals surface area contributed by atoms with E-state index in [1.165, 1.54) is 17.7 Å². The van der Waals surface area contributed by atoms with Crippen LogP contribution >= 0.6 is 0 Å². The van der Waals surface area contributed by atoms with Gasteiger partial charge in [0.1, 0.15) is 5.82 Å². The first-order valence-corrected chi connectivity index (χ1v) is 10.1.